The molecule has 1 aliphatic rings. The third-order valence-corrected chi connectivity index (χ3v) is 8.30. The van der Waals surface area contributed by atoms with E-state index in [0.717, 1.165) is 48.7 Å². The highest BCUT2D eigenvalue weighted by Gasteiger charge is 2.52. The number of ether oxygens (including phenoxy) is 1. The Morgan fingerprint density at radius 3 is 2.35 bits per heavy atom. The molecule has 0 bridgehead atoms. The Bertz CT molecular complexity index is 872. The lowest BCUT2D eigenvalue weighted by atomic mass is 9.54. The summed E-state index contributed by atoms with van der Waals surface area (Å²) >= 11 is 0. The number of rotatable bonds is 14. The van der Waals surface area contributed by atoms with Crippen molar-refractivity contribution in [2.24, 2.45) is 17.3 Å². The van der Waals surface area contributed by atoms with Crippen LogP contribution in [0.1, 0.15) is 107 Å². The summed E-state index contributed by atoms with van der Waals surface area (Å²) in [5, 5.41) is 21.0. The van der Waals surface area contributed by atoms with Crippen LogP contribution in [-0.2, 0) is 14.3 Å². The number of esters is 1. The highest BCUT2D eigenvalue weighted by molar-refractivity contribution is 5.74. The van der Waals surface area contributed by atoms with Crippen molar-refractivity contribution in [1.82, 2.24) is 0 Å². The molecular weight excluding hydrogens is 464 g/mol. The second kappa shape index (κ2) is 15.4. The number of allylic oxidation sites excluding steroid dienone is 6. The van der Waals surface area contributed by atoms with E-state index >= 15 is 0 Å². The van der Waals surface area contributed by atoms with Gasteiger partial charge < -0.3 is 14.9 Å². The zero-order chi connectivity index (χ0) is 28.2. The van der Waals surface area contributed by atoms with E-state index in [-0.39, 0.29) is 18.5 Å². The van der Waals surface area contributed by atoms with Crippen LogP contribution in [-0.4, -0.2) is 40.8 Å². The predicted octanol–water partition coefficient (Wildman–Crippen LogP) is 7.04. The molecule has 1 saturated carbocycles. The van der Waals surface area contributed by atoms with E-state index in [1.54, 1.807) is 0 Å². The number of hydrogen-bond acceptors (Lipinski definition) is 5. The molecule has 0 aromatic carbocycles. The van der Waals surface area contributed by atoms with E-state index in [1.807, 2.05) is 26.8 Å². The van der Waals surface area contributed by atoms with Crippen LogP contribution < -0.4 is 0 Å². The Labute approximate surface area is 225 Å². The highest BCUT2D eigenvalue weighted by atomic mass is 16.5. The first-order chi connectivity index (χ1) is 17.3. The van der Waals surface area contributed by atoms with Gasteiger partial charge in [0.25, 0.3) is 0 Å². The molecule has 1 aliphatic carbocycles. The Hall–Kier alpha value is -1.98. The average Bonchev–Trinajstić information content (AvgIpc) is 2.81. The lowest BCUT2D eigenvalue weighted by Crippen LogP contribution is -2.52. The van der Waals surface area contributed by atoms with Crippen LogP contribution >= 0.6 is 0 Å². The van der Waals surface area contributed by atoms with Crippen molar-refractivity contribution in [3.8, 4) is 0 Å². The fourth-order valence-corrected chi connectivity index (χ4v) is 5.58. The monoisotopic (exact) mass is 516 g/mol. The molecule has 0 heterocycles. The van der Waals surface area contributed by atoms with E-state index in [4.69, 9.17) is 4.74 Å². The molecule has 1 fully saturated rings. The normalized spacial score (nSPS) is 27.5. The lowest BCUT2D eigenvalue weighted by molar-refractivity contribution is -0.142. The number of carbonyl (C=O) groups is 2. The van der Waals surface area contributed by atoms with Crippen LogP contribution in [0.15, 0.2) is 46.6 Å². The summed E-state index contributed by atoms with van der Waals surface area (Å²) in [6.07, 6.45) is 15.1. The SMILES string of the molecule is CC(=O)OC(C=CC(C)CCC=C(C)C)C(C)=CCCC1(C)C(CCCO)C(=C(C)C=O)CCC1(C)O. The van der Waals surface area contributed by atoms with Crippen LogP contribution in [0.25, 0.3) is 0 Å². The highest BCUT2D eigenvalue weighted by Crippen LogP contribution is 2.55. The first-order valence-electron chi connectivity index (χ1n) is 13.9. The molecule has 0 aromatic rings. The van der Waals surface area contributed by atoms with Crippen LogP contribution in [0.5, 0.6) is 0 Å². The summed E-state index contributed by atoms with van der Waals surface area (Å²) in [7, 11) is 0. The van der Waals surface area contributed by atoms with Gasteiger partial charge >= 0.3 is 5.97 Å². The van der Waals surface area contributed by atoms with Gasteiger partial charge in [0, 0.05) is 18.9 Å². The second-order valence-corrected chi connectivity index (χ2v) is 11.7. The van der Waals surface area contributed by atoms with Crippen LogP contribution in [0.4, 0.5) is 0 Å². The average molecular weight is 517 g/mol. The molecule has 0 amide bonds. The number of carbonyl (C=O) groups excluding carboxylic acids is 2. The van der Waals surface area contributed by atoms with Crippen molar-refractivity contribution in [3.63, 3.8) is 0 Å². The van der Waals surface area contributed by atoms with E-state index < -0.39 is 17.1 Å². The molecule has 0 saturated heterocycles. The number of aliphatic hydroxyl groups is 2. The summed E-state index contributed by atoms with van der Waals surface area (Å²) in [6.45, 7) is 15.8. The van der Waals surface area contributed by atoms with Gasteiger partial charge in [0.05, 0.1) is 5.60 Å². The largest absolute Gasteiger partial charge is 0.454 e. The molecule has 5 heteroatoms. The maximum atomic E-state index is 11.8. The molecule has 5 unspecified atom stereocenters. The summed E-state index contributed by atoms with van der Waals surface area (Å²) in [5.41, 5.74) is 2.80. The molecular formula is C32H52O5. The first-order valence-corrected chi connectivity index (χ1v) is 13.9. The smallest absolute Gasteiger partial charge is 0.303 e. The van der Waals surface area contributed by atoms with Crippen LogP contribution in [0, 0.1) is 17.3 Å². The molecule has 5 nitrogen and oxygen atoms in total. The van der Waals surface area contributed by atoms with Crippen LogP contribution in [0.2, 0.25) is 0 Å². The van der Waals surface area contributed by atoms with Gasteiger partial charge in [-0.15, -0.1) is 0 Å². The summed E-state index contributed by atoms with van der Waals surface area (Å²) in [5.74, 6) is 0.0781. The fraction of sp³-hybridized carbons (Fsp3) is 0.688. The molecule has 0 aliphatic heterocycles. The third-order valence-electron chi connectivity index (χ3n) is 8.30. The van der Waals surface area contributed by atoms with Gasteiger partial charge in [-0.1, -0.05) is 43.2 Å². The van der Waals surface area contributed by atoms with Gasteiger partial charge in [0.2, 0.25) is 0 Å². The molecule has 2 N–H and O–H groups in total. The van der Waals surface area contributed by atoms with Gasteiger partial charge in [-0.3, -0.25) is 9.59 Å². The number of aliphatic hydroxyl groups excluding tert-OH is 1. The Balaban J connectivity index is 3.11. The summed E-state index contributed by atoms with van der Waals surface area (Å²) in [6, 6.07) is 0. The van der Waals surface area contributed by atoms with E-state index in [0.29, 0.717) is 31.6 Å². The van der Waals surface area contributed by atoms with Gasteiger partial charge in [-0.25, -0.2) is 0 Å². The van der Waals surface area contributed by atoms with Crippen LogP contribution in [0.3, 0.4) is 0 Å². The topological polar surface area (TPSA) is 83.8 Å². The van der Waals surface area contributed by atoms with E-state index in [2.05, 4.69) is 45.9 Å². The second-order valence-electron chi connectivity index (χ2n) is 11.7. The zero-order valence-corrected chi connectivity index (χ0v) is 24.6. The molecule has 5 atom stereocenters. The lowest BCUT2D eigenvalue weighted by Gasteiger charge is -2.53. The molecule has 1 rings (SSSR count). The summed E-state index contributed by atoms with van der Waals surface area (Å²) in [4.78, 5) is 23.4. The van der Waals surface area contributed by atoms with Crippen molar-refractivity contribution >= 4 is 12.3 Å². The maximum Gasteiger partial charge on any atom is 0.303 e. The minimum Gasteiger partial charge on any atom is -0.454 e. The molecule has 37 heavy (non-hydrogen) atoms. The maximum absolute atomic E-state index is 11.8. The van der Waals surface area contributed by atoms with Gasteiger partial charge in [0.1, 0.15) is 12.4 Å². The van der Waals surface area contributed by atoms with Crippen molar-refractivity contribution in [3.05, 3.63) is 46.6 Å². The standard InChI is InChI=1S/C32H52O5/c1-23(2)12-9-13-24(3)16-17-30(37-27(6)35)25(4)14-10-19-31(7)29(15-11-21-33)28(26(5)22-34)18-20-32(31,8)36/h12,14,16-17,22,24,29-30,33,36H,9-11,13,15,18-21H2,1-8H3. The predicted molar refractivity (Wildman–Crippen MR) is 152 cm³/mol. The first kappa shape index (κ1) is 33.0. The van der Waals surface area contributed by atoms with E-state index in [9.17, 15) is 19.8 Å². The number of aldehydes is 1. The van der Waals surface area contributed by atoms with E-state index in [1.165, 1.54) is 12.5 Å². The molecule has 0 aromatic heterocycles. The Morgan fingerprint density at radius 1 is 1.11 bits per heavy atom. The third kappa shape index (κ3) is 10.0. The van der Waals surface area contributed by atoms with Gasteiger partial charge in [0.15, 0.2) is 0 Å². The van der Waals surface area contributed by atoms with Gasteiger partial charge in [-0.05, 0) is 115 Å². The van der Waals surface area contributed by atoms with Crippen molar-refractivity contribution < 1.29 is 24.5 Å². The fourth-order valence-electron chi connectivity index (χ4n) is 5.58. The molecule has 0 spiro atoms. The molecule has 0 radical (unpaired) electrons. The quantitative estimate of drug-likeness (QED) is 0.112. The van der Waals surface area contributed by atoms with Crippen molar-refractivity contribution in [2.75, 3.05) is 6.61 Å². The minimum atomic E-state index is -0.891. The molecule has 210 valence electrons. The van der Waals surface area contributed by atoms with Crippen molar-refractivity contribution in [2.45, 2.75) is 118 Å². The van der Waals surface area contributed by atoms with Gasteiger partial charge in [-0.2, -0.15) is 0 Å². The minimum absolute atomic E-state index is 0.0214. The van der Waals surface area contributed by atoms with Crippen molar-refractivity contribution in [1.29, 1.82) is 0 Å². The zero-order valence-electron chi connectivity index (χ0n) is 24.6. The number of hydrogen-bond donors (Lipinski definition) is 2. The summed E-state index contributed by atoms with van der Waals surface area (Å²) < 4.78 is 5.62. The Kier molecular flexibility index (Phi) is 13.8. The Morgan fingerprint density at radius 2 is 1.78 bits per heavy atom.